The fraction of sp³-hybridized carbons (Fsp3) is 0.653. The quantitative estimate of drug-likeness (QED) is 0.0168. The summed E-state index contributed by atoms with van der Waals surface area (Å²) in [6.45, 7) is 43.6. The van der Waals surface area contributed by atoms with Gasteiger partial charge in [0.05, 0.1) is 125 Å². The first kappa shape index (κ1) is 134. The zero-order valence-corrected chi connectivity index (χ0v) is 82.5. The Balaban J connectivity index is -0.000000453. The second-order valence-electron chi connectivity index (χ2n) is 29.2. The second kappa shape index (κ2) is 105. The third kappa shape index (κ3) is 105. The van der Waals surface area contributed by atoms with E-state index >= 15 is 0 Å². The highest BCUT2D eigenvalue weighted by Crippen LogP contribution is 2.31. The maximum Gasteiger partial charge on any atom is 0.342 e. The number of ether oxygens (including phenoxy) is 22. The maximum absolute atomic E-state index is 11.9. The zero-order chi connectivity index (χ0) is 100.0. The van der Waals surface area contributed by atoms with E-state index in [4.69, 9.17) is 75.8 Å². The molecule has 0 aliphatic carbocycles. The molecule has 3 aromatic rings. The van der Waals surface area contributed by atoms with E-state index in [1.165, 1.54) is 129 Å². The van der Waals surface area contributed by atoms with Crippen LogP contribution in [0.1, 0.15) is 218 Å². The van der Waals surface area contributed by atoms with Gasteiger partial charge in [-0.15, -0.1) is 0 Å². The summed E-state index contributed by atoms with van der Waals surface area (Å²) in [5.74, 6) is 2.70. The molecule has 0 N–H and O–H groups in total. The highest BCUT2D eigenvalue weighted by atomic mass is 19.3. The van der Waals surface area contributed by atoms with Gasteiger partial charge in [0.1, 0.15) is 61.0 Å². The number of epoxide rings is 4. The Kier molecular flexibility index (Phi) is 105. The van der Waals surface area contributed by atoms with Gasteiger partial charge in [-0.1, -0.05) is 218 Å². The predicted octanol–water partition coefficient (Wildman–Crippen LogP) is 25.4. The van der Waals surface area contributed by atoms with Crippen molar-refractivity contribution in [2.75, 3.05) is 209 Å². The smallest absolute Gasteiger partial charge is 0.342 e. The molecule has 772 valence electrons. The van der Waals surface area contributed by atoms with E-state index in [1.807, 2.05) is 91.0 Å². The standard InChI is InChI=1S/C17H26O.C15H22O.C13H18O.C11H22O2.C8H14O4.C7H11F3O2.C7H14O2.C6H12O3.C5H7F3O2.C5H10O2.C4H8O2.C3H3F3O/c1-3-5-6-7-8-9-10-15-18-17-13-11-16(4-2)12-14-17;1-3-5-6-7-8-13-16-15-11-9-14(4-2)10-12-15;1-3-5-6-10-14-13-9-7-8-12(4-2)11-13;1-3-5-6-7-8-12-9-11(4-2)10-13-11;1-10-4-2-3-8(9)12-6-7-5-11-7;1-11-4-2-3-5-12-7(10)6(8)9;1-3-9-7-5-4-6-8-2;1-7-2-3-8-4-6-5-9-6;1-9-2-3-10-5(8)4(6)7;1-3-7-5-4-6-2;1-5-2-4-3-6-4;1-7-3(6)2(4)5/h4,11-14H,2-3,5-10,15H2,1H3;4,9-12H,2-3,5-8,13H2,1H3;4,7-9,11H,2-3,5-6,10H2,1H3;3-10H2,1-2H3;7H,2-6H2,1H3;2-5H2,1H3;3H,1,4-7H2,2H3;6H,2-5H2,1H3;2-3H2,1H3;3H,1,4-5H2,2H3;4H,2-3H2,1H3;1H3. The molecule has 4 heterocycles. The zero-order valence-electron chi connectivity index (χ0n) is 82.5. The third-order valence-corrected chi connectivity index (χ3v) is 17.6. The lowest BCUT2D eigenvalue weighted by Gasteiger charge is -2.09. The number of carbonyl (C=O) groups excluding carboxylic acids is 1. The van der Waals surface area contributed by atoms with Crippen LogP contribution in [0.3, 0.4) is 0 Å². The molecule has 0 aromatic heterocycles. The van der Waals surface area contributed by atoms with Crippen molar-refractivity contribution in [2.24, 2.45) is 0 Å². The lowest BCUT2D eigenvalue weighted by Crippen LogP contribution is -2.18. The number of esters is 1. The minimum absolute atomic E-state index is 0.0491. The molecule has 4 atom stereocenters. The molecule has 0 radical (unpaired) electrons. The molecule has 0 saturated carbocycles. The van der Waals surface area contributed by atoms with Crippen LogP contribution in [0.25, 0.3) is 18.2 Å². The van der Waals surface area contributed by atoms with Gasteiger partial charge in [-0.2, -0.15) is 39.5 Å². The van der Waals surface area contributed by atoms with E-state index in [0.29, 0.717) is 77.7 Å². The molecule has 23 nitrogen and oxygen atoms in total. The van der Waals surface area contributed by atoms with Crippen LogP contribution in [0.4, 0.5) is 39.5 Å². The van der Waals surface area contributed by atoms with Gasteiger partial charge in [0.2, 0.25) is 0 Å². The van der Waals surface area contributed by atoms with Crippen molar-refractivity contribution in [3.8, 4) is 17.2 Å². The first-order valence-electron chi connectivity index (χ1n) is 46.1. The fourth-order valence-electron chi connectivity index (χ4n) is 9.49. The summed E-state index contributed by atoms with van der Waals surface area (Å²) in [6, 6.07) is 18.7. The molecule has 0 spiro atoms. The van der Waals surface area contributed by atoms with E-state index in [-0.39, 0.29) is 37.5 Å². The van der Waals surface area contributed by atoms with Gasteiger partial charge < -0.3 is 104 Å². The van der Waals surface area contributed by atoms with Crippen molar-refractivity contribution in [3.05, 3.63) is 171 Å². The average Bonchev–Trinajstić information content (AvgIpc) is 1.67. The van der Waals surface area contributed by atoms with Gasteiger partial charge in [0.15, 0.2) is 0 Å². The van der Waals surface area contributed by atoms with Crippen LogP contribution in [0.2, 0.25) is 0 Å². The Morgan fingerprint density at radius 3 is 1.14 bits per heavy atom. The SMILES string of the molecule is C=COCCCCOC.C=COCCOC.C=Cc1ccc(OCCCCCCC)cc1.C=Cc1ccc(OCCCCCCCCC)cc1.C=Cc1cccc(OCCCCC)c1.CCCCCCOCC1(CC)CO1.COC(F)=C(F)F.COCC1CO1.COCCCC(=O)OCC1CO1.COCCCCOC(F)=C(F)F.COCCOC(F)=C(F)F.COCCOCC1CO1. The monoisotopic (exact) mass is 1920 g/mol. The highest BCUT2D eigenvalue weighted by molar-refractivity contribution is 5.69. The molecular formula is C101H167F9O23. The van der Waals surface area contributed by atoms with E-state index in [9.17, 15) is 44.3 Å². The number of benzene rings is 3. The molecule has 0 amide bonds. The molecule has 4 unspecified atom stereocenters. The molecule has 4 aliphatic rings. The summed E-state index contributed by atoms with van der Waals surface area (Å²) in [7, 11) is 12.0. The van der Waals surface area contributed by atoms with Gasteiger partial charge in [-0.25, -0.2) is 0 Å². The van der Waals surface area contributed by atoms with E-state index in [0.717, 1.165) is 172 Å². The normalized spacial score (nSPS) is 14.1. The minimum Gasteiger partial charge on any atom is -0.502 e. The van der Waals surface area contributed by atoms with Crippen LogP contribution in [-0.2, 0) is 94.8 Å². The van der Waals surface area contributed by atoms with E-state index in [2.05, 4.69) is 95.9 Å². The van der Waals surface area contributed by atoms with E-state index < -0.39 is 36.3 Å². The number of rotatable bonds is 66. The Morgan fingerprint density at radius 2 is 0.729 bits per heavy atom. The van der Waals surface area contributed by atoms with Crippen molar-refractivity contribution in [1.29, 1.82) is 0 Å². The summed E-state index contributed by atoms with van der Waals surface area (Å²) < 4.78 is 208. The minimum atomic E-state index is -2.45. The van der Waals surface area contributed by atoms with Crippen molar-refractivity contribution < 1.29 is 149 Å². The van der Waals surface area contributed by atoms with Crippen LogP contribution < -0.4 is 14.2 Å². The Bertz CT molecular complexity index is 3140. The number of hydrogen-bond acceptors (Lipinski definition) is 23. The lowest BCUT2D eigenvalue weighted by molar-refractivity contribution is -0.144. The van der Waals surface area contributed by atoms with Crippen molar-refractivity contribution in [3.63, 3.8) is 0 Å². The van der Waals surface area contributed by atoms with Crippen molar-refractivity contribution in [1.82, 2.24) is 0 Å². The maximum atomic E-state index is 11.9. The lowest BCUT2D eigenvalue weighted by atomic mass is 10.1. The van der Waals surface area contributed by atoms with Gasteiger partial charge in [0, 0.05) is 82.6 Å². The second-order valence-corrected chi connectivity index (χ2v) is 29.2. The molecule has 133 heavy (non-hydrogen) atoms. The van der Waals surface area contributed by atoms with Gasteiger partial charge in [-0.3, -0.25) is 4.79 Å². The molecule has 32 heteroatoms. The predicted molar refractivity (Wildman–Crippen MR) is 510 cm³/mol. The summed E-state index contributed by atoms with van der Waals surface area (Å²) in [5, 5.41) is 0. The van der Waals surface area contributed by atoms with Crippen LogP contribution in [0.15, 0.2) is 154 Å². The Hall–Kier alpha value is -7.70. The van der Waals surface area contributed by atoms with Gasteiger partial charge in [0.25, 0.3) is 0 Å². The Morgan fingerprint density at radius 1 is 0.361 bits per heavy atom. The van der Waals surface area contributed by atoms with Crippen molar-refractivity contribution >= 4 is 24.2 Å². The fourth-order valence-corrected chi connectivity index (χ4v) is 9.49. The molecule has 3 aromatic carbocycles. The van der Waals surface area contributed by atoms with E-state index in [1.54, 1.807) is 35.5 Å². The number of hydrogen-bond donors (Lipinski definition) is 0. The van der Waals surface area contributed by atoms with Crippen LogP contribution in [-0.4, -0.2) is 239 Å². The number of unbranched alkanes of at least 4 members (excludes halogenated alkanes) is 17. The molecule has 7 rings (SSSR count). The summed E-state index contributed by atoms with van der Waals surface area (Å²) in [6.07, 6.45) is 32.0. The van der Waals surface area contributed by atoms with Crippen molar-refractivity contribution in [2.45, 2.75) is 225 Å². The van der Waals surface area contributed by atoms with Crippen LogP contribution in [0.5, 0.6) is 17.2 Å². The molecule has 0 bridgehead atoms. The topological polar surface area (TPSA) is 233 Å². The largest absolute Gasteiger partial charge is 0.502 e. The number of carbonyl (C=O) groups is 1. The molecular weight excluding hydrogens is 1750 g/mol. The number of halogens is 9. The average molecular weight is 1920 g/mol. The summed E-state index contributed by atoms with van der Waals surface area (Å²) >= 11 is 0. The first-order valence-corrected chi connectivity index (χ1v) is 46.1. The molecule has 4 saturated heterocycles. The highest BCUT2D eigenvalue weighted by Gasteiger charge is 2.43. The first-order chi connectivity index (χ1) is 64.5. The van der Waals surface area contributed by atoms with Gasteiger partial charge in [-0.05, 0) is 117 Å². The van der Waals surface area contributed by atoms with Crippen LogP contribution in [0, 0.1) is 0 Å². The summed E-state index contributed by atoms with van der Waals surface area (Å²) in [5.41, 5.74) is 3.50. The third-order valence-electron chi connectivity index (χ3n) is 17.6. The summed E-state index contributed by atoms with van der Waals surface area (Å²) in [4.78, 5) is 10.9. The Labute approximate surface area is 792 Å². The molecule has 4 aliphatic heterocycles. The van der Waals surface area contributed by atoms with Gasteiger partial charge >= 0.3 is 42.3 Å². The molecule has 4 fully saturated rings. The number of methoxy groups -OCH3 is 8. The van der Waals surface area contributed by atoms with Crippen LogP contribution >= 0.6 is 0 Å².